The molecule has 0 aromatic heterocycles. The molecule has 0 atom stereocenters. The topological polar surface area (TPSA) is 16.2 Å². The third-order valence-corrected chi connectivity index (χ3v) is 20.3. The smallest absolute Gasteiger partial charge is 0.252 e. The summed E-state index contributed by atoms with van der Waals surface area (Å²) in [6, 6.07) is 126. The molecule has 93 heavy (non-hydrogen) atoms. The van der Waals surface area contributed by atoms with Crippen LogP contribution in [-0.4, -0.2) is 13.4 Å². The minimum Gasteiger partial charge on any atom is -0.311 e. The third-order valence-electron chi connectivity index (χ3n) is 19.1. The number of hydrogen-bond acceptors (Lipinski definition) is 6. The van der Waals surface area contributed by atoms with Crippen molar-refractivity contribution in [1.82, 2.24) is 0 Å². The molecular formula is C85H59B2N5S. The average molecular weight is 1200 g/mol. The minimum absolute atomic E-state index is 0.0820. The summed E-state index contributed by atoms with van der Waals surface area (Å²) >= 11 is 1.91. The second-order valence-corrected chi connectivity index (χ2v) is 25.5. The molecule has 0 N–H and O–H groups in total. The molecule has 8 heteroatoms. The van der Waals surface area contributed by atoms with Gasteiger partial charge < -0.3 is 24.5 Å². The Morgan fingerprint density at radius 2 is 0.677 bits per heavy atom. The summed E-state index contributed by atoms with van der Waals surface area (Å²) in [4.78, 5) is 15.1. The highest BCUT2D eigenvalue weighted by Crippen LogP contribution is 2.53. The Balaban J connectivity index is 0.933. The van der Waals surface area contributed by atoms with E-state index < -0.39 is 0 Å². The van der Waals surface area contributed by atoms with Crippen molar-refractivity contribution in [3.8, 4) is 22.3 Å². The van der Waals surface area contributed by atoms with Crippen molar-refractivity contribution in [3.05, 3.63) is 345 Å². The highest BCUT2D eigenvalue weighted by Gasteiger charge is 2.48. The summed E-state index contributed by atoms with van der Waals surface area (Å²) in [6.07, 6.45) is 0. The van der Waals surface area contributed by atoms with Gasteiger partial charge in [-0.25, -0.2) is 0 Å². The van der Waals surface area contributed by atoms with Gasteiger partial charge in [0.05, 0.1) is 11.4 Å². The van der Waals surface area contributed by atoms with Crippen LogP contribution in [0.1, 0.15) is 5.56 Å². The number of benzene rings is 14. The molecule has 18 rings (SSSR count). The average Bonchev–Trinajstić information content (AvgIpc) is 0.696. The van der Waals surface area contributed by atoms with Gasteiger partial charge in [-0.15, -0.1) is 0 Å². The van der Waals surface area contributed by atoms with E-state index in [1.165, 1.54) is 65.2 Å². The van der Waals surface area contributed by atoms with Crippen LogP contribution < -0.4 is 57.3 Å². The Bertz CT molecular complexity index is 5080. The lowest BCUT2D eigenvalue weighted by Crippen LogP contribution is -2.64. The Hall–Kier alpha value is -11.4. The molecule has 0 fully saturated rings. The molecule has 4 aliphatic heterocycles. The molecular weight excluding hydrogens is 1140 g/mol. The van der Waals surface area contributed by atoms with Crippen molar-refractivity contribution >= 4 is 143 Å². The molecule has 0 bridgehead atoms. The predicted molar refractivity (Wildman–Crippen MR) is 395 cm³/mol. The molecule has 14 aromatic carbocycles. The predicted octanol–water partition coefficient (Wildman–Crippen LogP) is 19.1. The zero-order chi connectivity index (χ0) is 61.5. The lowest BCUT2D eigenvalue weighted by molar-refractivity contribution is 1.21. The van der Waals surface area contributed by atoms with E-state index >= 15 is 0 Å². The van der Waals surface area contributed by atoms with Gasteiger partial charge in [-0.1, -0.05) is 248 Å². The van der Waals surface area contributed by atoms with Gasteiger partial charge in [-0.3, -0.25) is 0 Å². The molecule has 4 aliphatic rings. The number of rotatable bonds is 11. The SMILES string of the molecule is Cc1ccccc1N1c2cc3c(cc2B2c4ccccc4N(c4ccccc4)c4cc(N(c5ccccc5)c5c(-c6ccccc6)cccc5-c5ccccc5)cc1c42)B1c2ccccc2N(c2ccccc2)c2cc(N(c4ccccc4)c4ccccc4)cc(c21)S3. The number of aryl methyl sites for hydroxylation is 1. The first kappa shape index (κ1) is 54.5. The van der Waals surface area contributed by atoms with Crippen molar-refractivity contribution in [3.63, 3.8) is 0 Å². The second-order valence-electron chi connectivity index (χ2n) is 24.4. The van der Waals surface area contributed by atoms with E-state index in [4.69, 9.17) is 0 Å². The van der Waals surface area contributed by atoms with Crippen LogP contribution in [-0.2, 0) is 0 Å². The molecule has 0 amide bonds. The fraction of sp³-hybridized carbons (Fsp3) is 0.0118. The Kier molecular flexibility index (Phi) is 13.2. The molecule has 0 radical (unpaired) electrons. The first-order chi connectivity index (χ1) is 46.1. The maximum atomic E-state index is 2.64. The van der Waals surface area contributed by atoms with Gasteiger partial charge in [-0.05, 0) is 160 Å². The summed E-state index contributed by atoms with van der Waals surface area (Å²) in [7, 11) is 0. The summed E-state index contributed by atoms with van der Waals surface area (Å²) in [6.45, 7) is 2.04. The van der Waals surface area contributed by atoms with Crippen LogP contribution in [0.25, 0.3) is 22.3 Å². The summed E-state index contributed by atoms with van der Waals surface area (Å²) in [5.74, 6) is 0. The van der Waals surface area contributed by atoms with Crippen LogP contribution in [0.2, 0.25) is 0 Å². The second kappa shape index (κ2) is 22.5. The van der Waals surface area contributed by atoms with Crippen LogP contribution in [0, 0.1) is 6.92 Å². The van der Waals surface area contributed by atoms with Crippen molar-refractivity contribution in [2.45, 2.75) is 16.7 Å². The number of fused-ring (bicyclic) bond motifs is 8. The first-order valence-corrected chi connectivity index (χ1v) is 32.9. The minimum atomic E-state index is -0.152. The van der Waals surface area contributed by atoms with Crippen LogP contribution in [0.3, 0.4) is 0 Å². The van der Waals surface area contributed by atoms with Gasteiger partial charge >= 0.3 is 0 Å². The van der Waals surface area contributed by atoms with E-state index in [9.17, 15) is 0 Å². The largest absolute Gasteiger partial charge is 0.311 e. The highest BCUT2D eigenvalue weighted by atomic mass is 32.2. The Morgan fingerprint density at radius 1 is 0.269 bits per heavy atom. The zero-order valence-corrected chi connectivity index (χ0v) is 51.9. The molecule has 0 spiro atoms. The van der Waals surface area contributed by atoms with Crippen LogP contribution >= 0.6 is 11.8 Å². The van der Waals surface area contributed by atoms with Crippen molar-refractivity contribution < 1.29 is 0 Å². The van der Waals surface area contributed by atoms with Crippen LogP contribution in [0.4, 0.5) is 85.3 Å². The standard InChI is InChI=1S/C85H59B2N5S/c1-58-30-23-26-49-74(58)92-77-57-81-73(87-71-48-25-28-51-76(71)91(65-43-21-8-22-44-65)80-54-67(55-82(93-81)84(80)87)88(61-35-13-4-14-36-61)62-37-15-5-16-38-62)56-72(77)86-70-47-24-27-50-75(70)90(64-41-19-7-20-42-64)78-52-66(53-79(92)83(78)86)89(63-39-17-6-18-40-63)85-68(59-31-9-2-10-32-59)45-29-46-69(85)60-33-11-3-12-34-60/h2-57H,1H3. The molecule has 436 valence electrons. The first-order valence-electron chi connectivity index (χ1n) is 32.1. The number of nitrogens with zero attached hydrogens (tertiary/aromatic N) is 5. The van der Waals surface area contributed by atoms with E-state index in [2.05, 4.69) is 371 Å². The number of anilines is 15. The summed E-state index contributed by atoms with van der Waals surface area (Å²) in [5, 5.41) is 0. The van der Waals surface area contributed by atoms with Gasteiger partial charge in [0.2, 0.25) is 6.71 Å². The van der Waals surface area contributed by atoms with Crippen molar-refractivity contribution in [2.24, 2.45) is 0 Å². The van der Waals surface area contributed by atoms with E-state index in [-0.39, 0.29) is 13.4 Å². The fourth-order valence-electron chi connectivity index (χ4n) is 15.2. The normalized spacial score (nSPS) is 12.8. The van der Waals surface area contributed by atoms with E-state index in [0.717, 1.165) is 90.5 Å². The van der Waals surface area contributed by atoms with E-state index in [1.54, 1.807) is 0 Å². The van der Waals surface area contributed by atoms with E-state index in [1.807, 2.05) is 11.8 Å². The molecule has 0 saturated heterocycles. The highest BCUT2D eigenvalue weighted by molar-refractivity contribution is 8.00. The fourth-order valence-corrected chi connectivity index (χ4v) is 16.4. The molecule has 0 aliphatic carbocycles. The Labute approximate surface area is 548 Å². The molecule has 4 heterocycles. The van der Waals surface area contributed by atoms with Gasteiger partial charge in [0.25, 0.3) is 6.71 Å². The molecule has 0 unspecified atom stereocenters. The van der Waals surface area contributed by atoms with Crippen molar-refractivity contribution in [1.29, 1.82) is 0 Å². The van der Waals surface area contributed by atoms with Gasteiger partial charge in [0, 0.05) is 94.9 Å². The number of hydrogen-bond donors (Lipinski definition) is 0. The van der Waals surface area contributed by atoms with Crippen LogP contribution in [0.5, 0.6) is 0 Å². The van der Waals surface area contributed by atoms with E-state index in [0.29, 0.717) is 0 Å². The quantitative estimate of drug-likeness (QED) is 0.119. The summed E-state index contributed by atoms with van der Waals surface area (Å²) < 4.78 is 0. The maximum absolute atomic E-state index is 2.64. The maximum Gasteiger partial charge on any atom is 0.252 e. The number of para-hydroxylation sites is 9. The van der Waals surface area contributed by atoms with Gasteiger partial charge in [0.1, 0.15) is 0 Å². The Morgan fingerprint density at radius 3 is 1.19 bits per heavy atom. The lowest BCUT2D eigenvalue weighted by atomic mass is 9.31. The van der Waals surface area contributed by atoms with Crippen LogP contribution in [0.15, 0.2) is 350 Å². The summed E-state index contributed by atoms with van der Waals surface area (Å²) in [5.41, 5.74) is 30.3. The molecule has 14 aromatic rings. The zero-order valence-electron chi connectivity index (χ0n) is 51.1. The third kappa shape index (κ3) is 8.96. The van der Waals surface area contributed by atoms with Crippen molar-refractivity contribution in [2.75, 3.05) is 24.5 Å². The van der Waals surface area contributed by atoms with Gasteiger partial charge in [-0.2, -0.15) is 0 Å². The lowest BCUT2D eigenvalue weighted by Gasteiger charge is -2.46. The molecule has 5 nitrogen and oxygen atoms in total. The van der Waals surface area contributed by atoms with Gasteiger partial charge in [0.15, 0.2) is 0 Å². The monoisotopic (exact) mass is 1200 g/mol. The molecule has 0 saturated carbocycles.